The Kier molecular flexibility index (Phi) is 5.57. The fraction of sp³-hybridized carbons (Fsp3) is 0.353. The fourth-order valence-corrected chi connectivity index (χ4v) is 8.47. The van der Waals surface area contributed by atoms with Gasteiger partial charge < -0.3 is 14.7 Å². The van der Waals surface area contributed by atoms with Crippen LogP contribution < -0.4 is 9.80 Å². The van der Waals surface area contributed by atoms with E-state index in [4.69, 9.17) is 5.26 Å². The molecule has 220 valence electrons. The van der Waals surface area contributed by atoms with Gasteiger partial charge in [-0.2, -0.15) is 5.26 Å². The Hall–Kier alpha value is -5.04. The number of carbonyl (C=O) groups is 3. The van der Waals surface area contributed by atoms with E-state index < -0.39 is 5.92 Å². The van der Waals surface area contributed by atoms with Gasteiger partial charge in [-0.05, 0) is 48.2 Å². The van der Waals surface area contributed by atoms with Gasteiger partial charge in [-0.15, -0.1) is 0 Å². The van der Waals surface area contributed by atoms with E-state index in [-0.39, 0.29) is 41.1 Å². The fourth-order valence-electron chi connectivity index (χ4n) is 8.47. The Balaban J connectivity index is 1.05. The number of piperidine rings is 1. The lowest BCUT2D eigenvalue weighted by Gasteiger charge is -2.45. The summed E-state index contributed by atoms with van der Waals surface area (Å²) in [5.41, 5.74) is 3.74. The van der Waals surface area contributed by atoms with E-state index in [1.165, 1.54) is 6.33 Å². The zero-order valence-corrected chi connectivity index (χ0v) is 24.6. The van der Waals surface area contributed by atoms with Crippen molar-refractivity contribution in [3.63, 3.8) is 0 Å². The molecule has 0 N–H and O–H groups in total. The summed E-state index contributed by atoms with van der Waals surface area (Å²) in [6.07, 6.45) is 4.63. The minimum Gasteiger partial charge on any atom is -0.350 e. The highest BCUT2D eigenvalue weighted by Crippen LogP contribution is 2.75. The van der Waals surface area contributed by atoms with Gasteiger partial charge in [-0.1, -0.05) is 44.2 Å². The highest BCUT2D eigenvalue weighted by molar-refractivity contribution is 6.10. The standard InChI is InChI=1S/C34H31N7O3/c1-3-24(21-8-10-23(11-9-21)40-18-22-6-4-5-7-25(22)31(40)44)30(43)38-16-13-26-28(38)36-20-37-29(26)39-17-14-34-32(39)33(34,2)19-41(34)27(42)12-15-35/h4-11,13,16,20,24,32H,3,12,14,17-19H2,1-2H3/t24?,32?,33?,34-/m0/s1. The number of benzene rings is 2. The van der Waals surface area contributed by atoms with Crippen molar-refractivity contribution in [1.82, 2.24) is 19.4 Å². The third-order valence-corrected chi connectivity index (χ3v) is 10.6. The van der Waals surface area contributed by atoms with Crippen LogP contribution in [-0.2, 0) is 11.3 Å². The normalized spacial score (nSPS) is 25.2. The quantitative estimate of drug-likeness (QED) is 0.327. The maximum atomic E-state index is 14.0. The molecule has 2 aromatic heterocycles. The number of amides is 2. The minimum absolute atomic E-state index is 0.00985. The number of hydrogen-bond donors (Lipinski definition) is 0. The van der Waals surface area contributed by atoms with Crippen molar-refractivity contribution >= 4 is 40.3 Å². The summed E-state index contributed by atoms with van der Waals surface area (Å²) in [5, 5.41) is 9.87. The molecule has 2 aromatic carbocycles. The molecule has 4 aromatic rings. The maximum Gasteiger partial charge on any atom is 0.258 e. The van der Waals surface area contributed by atoms with Crippen molar-refractivity contribution in [2.75, 3.05) is 22.9 Å². The first-order valence-electron chi connectivity index (χ1n) is 15.1. The number of rotatable bonds is 6. The summed E-state index contributed by atoms with van der Waals surface area (Å²) >= 11 is 0. The molecule has 0 bridgehead atoms. The molecular formula is C34H31N7O3. The number of anilines is 2. The molecule has 10 nitrogen and oxygen atoms in total. The Morgan fingerprint density at radius 3 is 2.64 bits per heavy atom. The summed E-state index contributed by atoms with van der Waals surface area (Å²) in [6.45, 7) is 6.14. The van der Waals surface area contributed by atoms with E-state index in [0.29, 0.717) is 25.2 Å². The first-order valence-corrected chi connectivity index (χ1v) is 15.1. The van der Waals surface area contributed by atoms with Gasteiger partial charge >= 0.3 is 0 Å². The number of carbonyl (C=O) groups excluding carboxylic acids is 3. The van der Waals surface area contributed by atoms with Crippen molar-refractivity contribution in [1.29, 1.82) is 5.26 Å². The minimum atomic E-state index is -0.391. The lowest BCUT2D eigenvalue weighted by atomic mass is 9.87. The van der Waals surface area contributed by atoms with Crippen LogP contribution in [0.2, 0.25) is 0 Å². The zero-order chi connectivity index (χ0) is 30.4. The van der Waals surface area contributed by atoms with Crippen molar-refractivity contribution in [3.05, 3.63) is 83.8 Å². The Morgan fingerprint density at radius 1 is 1.11 bits per heavy atom. The van der Waals surface area contributed by atoms with Crippen molar-refractivity contribution in [3.8, 4) is 6.07 Å². The van der Waals surface area contributed by atoms with Crippen LogP contribution in [0.1, 0.15) is 65.3 Å². The molecule has 2 amide bonds. The summed E-state index contributed by atoms with van der Waals surface area (Å²) < 4.78 is 1.63. The van der Waals surface area contributed by atoms with Gasteiger partial charge in [-0.3, -0.25) is 19.0 Å². The predicted molar refractivity (Wildman–Crippen MR) is 163 cm³/mol. The second-order valence-corrected chi connectivity index (χ2v) is 12.6. The van der Waals surface area contributed by atoms with E-state index in [1.54, 1.807) is 15.7 Å². The third-order valence-electron chi connectivity index (χ3n) is 10.6. The number of nitriles is 1. The summed E-state index contributed by atoms with van der Waals surface area (Å²) in [5.74, 6) is 0.200. The SMILES string of the molecule is CCC(C(=O)n1ccc2c(N3CC[C@]45C3C4(C)CN5C(=O)CC#N)ncnc21)c1ccc(N2Cc3ccccc3C2=O)cc1. The molecule has 1 saturated carbocycles. The number of hydrogen-bond acceptors (Lipinski definition) is 7. The van der Waals surface area contributed by atoms with E-state index in [1.807, 2.05) is 72.5 Å². The van der Waals surface area contributed by atoms with Gasteiger partial charge in [0, 0.05) is 36.0 Å². The molecule has 0 radical (unpaired) electrons. The van der Waals surface area contributed by atoms with Crippen molar-refractivity contribution < 1.29 is 14.4 Å². The van der Waals surface area contributed by atoms with Crippen LogP contribution in [0, 0.1) is 16.7 Å². The Morgan fingerprint density at radius 2 is 1.91 bits per heavy atom. The Bertz CT molecular complexity index is 1930. The highest BCUT2D eigenvalue weighted by atomic mass is 16.2. The lowest BCUT2D eigenvalue weighted by Crippen LogP contribution is -2.57. The molecule has 3 fully saturated rings. The number of nitrogens with zero attached hydrogens (tertiary/aromatic N) is 7. The van der Waals surface area contributed by atoms with Crippen molar-refractivity contribution in [2.45, 2.75) is 57.2 Å². The molecule has 5 heterocycles. The average Bonchev–Trinajstić information content (AvgIpc) is 3.61. The van der Waals surface area contributed by atoms with Crippen LogP contribution in [0.4, 0.5) is 11.5 Å². The number of fused-ring (bicyclic) bond motifs is 3. The van der Waals surface area contributed by atoms with Gasteiger partial charge in [-0.25, -0.2) is 9.97 Å². The average molecular weight is 586 g/mol. The first-order chi connectivity index (χ1) is 21.3. The number of aromatic nitrogens is 3. The van der Waals surface area contributed by atoms with E-state index in [2.05, 4.69) is 21.8 Å². The lowest BCUT2D eigenvalue weighted by molar-refractivity contribution is -0.142. The molecule has 3 aliphatic heterocycles. The smallest absolute Gasteiger partial charge is 0.258 e. The van der Waals surface area contributed by atoms with Crippen LogP contribution in [0.3, 0.4) is 0 Å². The van der Waals surface area contributed by atoms with Gasteiger partial charge in [0.15, 0.2) is 5.65 Å². The van der Waals surface area contributed by atoms with Crippen LogP contribution in [0.5, 0.6) is 0 Å². The topological polar surface area (TPSA) is 115 Å². The molecule has 1 spiro atoms. The van der Waals surface area contributed by atoms with Gasteiger partial charge in [0.2, 0.25) is 11.8 Å². The molecule has 4 aliphatic rings. The summed E-state index contributed by atoms with van der Waals surface area (Å²) in [4.78, 5) is 54.7. The maximum absolute atomic E-state index is 14.0. The second kappa shape index (κ2) is 9.23. The van der Waals surface area contributed by atoms with Crippen LogP contribution in [-0.4, -0.2) is 61.8 Å². The molecule has 4 atom stereocenters. The Labute approximate surface area is 254 Å². The molecular weight excluding hydrogens is 554 g/mol. The first kappa shape index (κ1) is 26.6. The van der Waals surface area contributed by atoms with Gasteiger partial charge in [0.25, 0.3) is 5.91 Å². The number of likely N-dealkylation sites (tertiary alicyclic amines) is 1. The monoisotopic (exact) mass is 585 g/mol. The predicted octanol–water partition coefficient (Wildman–Crippen LogP) is 4.52. The second-order valence-electron chi connectivity index (χ2n) is 12.6. The van der Waals surface area contributed by atoms with E-state index in [9.17, 15) is 14.4 Å². The largest absolute Gasteiger partial charge is 0.350 e. The van der Waals surface area contributed by atoms with E-state index in [0.717, 1.165) is 46.5 Å². The van der Waals surface area contributed by atoms with Crippen molar-refractivity contribution in [2.24, 2.45) is 5.41 Å². The molecule has 1 aliphatic carbocycles. The molecule has 2 saturated heterocycles. The van der Waals surface area contributed by atoms with Gasteiger partial charge in [0.05, 0.1) is 35.5 Å². The zero-order valence-electron chi connectivity index (χ0n) is 24.6. The van der Waals surface area contributed by atoms with Crippen LogP contribution in [0.15, 0.2) is 67.1 Å². The third kappa shape index (κ3) is 3.32. The van der Waals surface area contributed by atoms with E-state index >= 15 is 0 Å². The molecule has 8 rings (SSSR count). The van der Waals surface area contributed by atoms with Crippen LogP contribution in [0.25, 0.3) is 11.0 Å². The van der Waals surface area contributed by atoms with Gasteiger partial charge in [0.1, 0.15) is 18.6 Å². The summed E-state index contributed by atoms with van der Waals surface area (Å²) in [6, 6.07) is 19.4. The molecule has 3 unspecified atom stereocenters. The molecule has 44 heavy (non-hydrogen) atoms. The van der Waals surface area contributed by atoms with Crippen LogP contribution >= 0.6 is 0 Å². The molecule has 10 heteroatoms. The highest BCUT2D eigenvalue weighted by Gasteiger charge is 2.88. The summed E-state index contributed by atoms with van der Waals surface area (Å²) in [7, 11) is 0.